The highest BCUT2D eigenvalue weighted by molar-refractivity contribution is 5.94. The van der Waals surface area contributed by atoms with Crippen LogP contribution in [0.1, 0.15) is 57.6 Å². The normalized spacial score (nSPS) is 15.7. The number of hydrogen-bond donors (Lipinski definition) is 1. The number of ether oxygens (including phenoxy) is 1. The van der Waals surface area contributed by atoms with Gasteiger partial charge in [-0.15, -0.1) is 0 Å². The molecule has 0 fully saturated rings. The first-order chi connectivity index (χ1) is 14.7. The standard InChI is InChI=1S/C24H28N4O2/c1-3-4-5-6-9-15-30-23(29)21-17(2)26-24-27-19-12-7-8-13-20(19)28(24)22(21)18-11-10-14-25-16-18/h7-8,10-14,16,22H,3-6,9,15H2,1-2H3,(H,26,27)/t22-/m0/s1. The third-order valence-electron chi connectivity index (χ3n) is 5.53. The van der Waals surface area contributed by atoms with Crippen LogP contribution in [0.3, 0.4) is 0 Å². The number of allylic oxidation sites excluding steroid dienone is 1. The second kappa shape index (κ2) is 9.11. The van der Waals surface area contributed by atoms with Crippen LogP contribution in [0.5, 0.6) is 0 Å². The Hall–Kier alpha value is -3.15. The van der Waals surface area contributed by atoms with Gasteiger partial charge in [0.15, 0.2) is 0 Å². The molecule has 3 aromatic rings. The minimum Gasteiger partial charge on any atom is -0.462 e. The average Bonchev–Trinajstić information content (AvgIpc) is 3.13. The third-order valence-corrected chi connectivity index (χ3v) is 5.53. The summed E-state index contributed by atoms with van der Waals surface area (Å²) in [5, 5.41) is 3.31. The minimum absolute atomic E-state index is 0.284. The monoisotopic (exact) mass is 404 g/mol. The Bertz CT molecular complexity index is 1060. The fourth-order valence-electron chi connectivity index (χ4n) is 4.03. The lowest BCUT2D eigenvalue weighted by molar-refractivity contribution is -0.139. The maximum Gasteiger partial charge on any atom is 0.338 e. The molecule has 0 saturated carbocycles. The molecule has 30 heavy (non-hydrogen) atoms. The van der Waals surface area contributed by atoms with E-state index in [1.165, 1.54) is 19.3 Å². The van der Waals surface area contributed by atoms with Crippen LogP contribution >= 0.6 is 0 Å². The molecule has 0 saturated heterocycles. The summed E-state index contributed by atoms with van der Waals surface area (Å²) in [7, 11) is 0. The Morgan fingerprint density at radius 1 is 1.13 bits per heavy atom. The fourth-order valence-corrected chi connectivity index (χ4v) is 4.03. The van der Waals surface area contributed by atoms with E-state index in [1.807, 2.05) is 43.3 Å². The van der Waals surface area contributed by atoms with Gasteiger partial charge in [-0.25, -0.2) is 9.78 Å². The second-order valence-electron chi connectivity index (χ2n) is 7.70. The van der Waals surface area contributed by atoms with Crippen LogP contribution in [0.25, 0.3) is 11.0 Å². The molecule has 0 unspecified atom stereocenters. The zero-order chi connectivity index (χ0) is 20.9. The van der Waals surface area contributed by atoms with E-state index in [-0.39, 0.29) is 12.0 Å². The van der Waals surface area contributed by atoms with E-state index in [4.69, 9.17) is 9.72 Å². The first-order valence-corrected chi connectivity index (χ1v) is 10.7. The van der Waals surface area contributed by atoms with Crippen LogP contribution in [-0.2, 0) is 9.53 Å². The lowest BCUT2D eigenvalue weighted by atomic mass is 9.96. The number of nitrogens with zero attached hydrogens (tertiary/aromatic N) is 3. The summed E-state index contributed by atoms with van der Waals surface area (Å²) in [5.41, 5.74) is 4.14. The number of hydrogen-bond acceptors (Lipinski definition) is 5. The number of rotatable bonds is 8. The smallest absolute Gasteiger partial charge is 0.338 e. The zero-order valence-corrected chi connectivity index (χ0v) is 17.6. The van der Waals surface area contributed by atoms with Gasteiger partial charge in [-0.2, -0.15) is 0 Å². The number of anilines is 1. The van der Waals surface area contributed by atoms with Crippen molar-refractivity contribution >= 4 is 23.0 Å². The van der Waals surface area contributed by atoms with Gasteiger partial charge in [0.1, 0.15) is 0 Å². The van der Waals surface area contributed by atoms with Crippen molar-refractivity contribution in [3.8, 4) is 0 Å². The highest BCUT2D eigenvalue weighted by Gasteiger charge is 2.35. The number of aromatic nitrogens is 3. The number of pyridine rings is 1. The highest BCUT2D eigenvalue weighted by Crippen LogP contribution is 2.39. The van der Waals surface area contributed by atoms with E-state index in [1.54, 1.807) is 12.4 Å². The van der Waals surface area contributed by atoms with Gasteiger partial charge in [0.05, 0.1) is 29.3 Å². The summed E-state index contributed by atoms with van der Waals surface area (Å²) < 4.78 is 7.76. The van der Waals surface area contributed by atoms with Gasteiger partial charge in [-0.3, -0.25) is 9.55 Å². The number of nitrogens with one attached hydrogen (secondary N) is 1. The zero-order valence-electron chi connectivity index (χ0n) is 17.6. The summed E-state index contributed by atoms with van der Waals surface area (Å²) in [4.78, 5) is 22.2. The average molecular weight is 405 g/mol. The summed E-state index contributed by atoms with van der Waals surface area (Å²) >= 11 is 0. The van der Waals surface area contributed by atoms with Crippen LogP contribution in [0, 0.1) is 0 Å². The van der Waals surface area contributed by atoms with Gasteiger partial charge in [0.25, 0.3) is 0 Å². The SMILES string of the molecule is CCCCCCCOC(=O)C1=C(C)Nc2nc3ccccc3n2[C@H]1c1cccnc1. The summed E-state index contributed by atoms with van der Waals surface area (Å²) in [6, 6.07) is 11.5. The summed E-state index contributed by atoms with van der Waals surface area (Å²) in [6.07, 6.45) is 9.12. The molecular weight excluding hydrogens is 376 g/mol. The van der Waals surface area contributed by atoms with Crippen LogP contribution in [0.4, 0.5) is 5.95 Å². The summed E-state index contributed by atoms with van der Waals surface area (Å²) in [5.74, 6) is 0.437. The molecule has 0 spiro atoms. The maximum absolute atomic E-state index is 13.2. The topological polar surface area (TPSA) is 69.0 Å². The van der Waals surface area contributed by atoms with Crippen molar-refractivity contribution in [2.45, 2.75) is 52.0 Å². The molecule has 3 heterocycles. The van der Waals surface area contributed by atoms with E-state index in [9.17, 15) is 4.79 Å². The minimum atomic E-state index is -0.338. The Labute approximate surface area is 177 Å². The van der Waals surface area contributed by atoms with E-state index >= 15 is 0 Å². The van der Waals surface area contributed by atoms with Gasteiger partial charge in [0, 0.05) is 18.1 Å². The predicted molar refractivity (Wildman–Crippen MR) is 118 cm³/mol. The lowest BCUT2D eigenvalue weighted by Gasteiger charge is -2.30. The van der Waals surface area contributed by atoms with E-state index in [0.717, 1.165) is 41.1 Å². The second-order valence-corrected chi connectivity index (χ2v) is 7.70. The molecule has 1 N–H and O–H groups in total. The molecule has 2 aromatic heterocycles. The first kappa shape index (κ1) is 20.1. The van der Waals surface area contributed by atoms with Crippen molar-refractivity contribution in [2.24, 2.45) is 0 Å². The Morgan fingerprint density at radius 2 is 1.97 bits per heavy atom. The molecule has 1 aromatic carbocycles. The molecule has 0 amide bonds. The van der Waals surface area contributed by atoms with Gasteiger partial charge >= 0.3 is 5.97 Å². The molecular formula is C24H28N4O2. The van der Waals surface area contributed by atoms with Crippen LogP contribution in [-0.4, -0.2) is 27.1 Å². The van der Waals surface area contributed by atoms with Crippen LogP contribution in [0.15, 0.2) is 60.1 Å². The lowest BCUT2D eigenvalue weighted by Crippen LogP contribution is -2.29. The van der Waals surface area contributed by atoms with E-state index in [0.29, 0.717) is 12.2 Å². The molecule has 1 aliphatic heterocycles. The molecule has 0 radical (unpaired) electrons. The molecule has 6 heteroatoms. The Balaban J connectivity index is 1.66. The number of imidazole rings is 1. The molecule has 0 aliphatic carbocycles. The fraction of sp³-hybridized carbons (Fsp3) is 0.375. The Kier molecular flexibility index (Phi) is 6.12. The van der Waals surface area contributed by atoms with Crippen molar-refractivity contribution in [3.63, 3.8) is 0 Å². The van der Waals surface area contributed by atoms with Gasteiger partial charge in [-0.05, 0) is 37.1 Å². The van der Waals surface area contributed by atoms with Crippen molar-refractivity contribution in [1.29, 1.82) is 0 Å². The number of carbonyl (C=O) groups is 1. The number of benzene rings is 1. The van der Waals surface area contributed by atoms with Gasteiger partial charge in [-0.1, -0.05) is 50.8 Å². The number of unbranched alkanes of at least 4 members (excludes halogenated alkanes) is 4. The number of fused-ring (bicyclic) bond motifs is 3. The van der Waals surface area contributed by atoms with Crippen molar-refractivity contribution in [3.05, 3.63) is 65.6 Å². The Morgan fingerprint density at radius 3 is 2.77 bits per heavy atom. The van der Waals surface area contributed by atoms with Crippen LogP contribution in [0.2, 0.25) is 0 Å². The van der Waals surface area contributed by atoms with E-state index in [2.05, 4.69) is 21.8 Å². The first-order valence-electron chi connectivity index (χ1n) is 10.7. The number of carbonyl (C=O) groups excluding carboxylic acids is 1. The summed E-state index contributed by atoms with van der Waals surface area (Å²) in [6.45, 7) is 4.54. The molecule has 156 valence electrons. The van der Waals surface area contributed by atoms with Gasteiger partial charge < -0.3 is 10.1 Å². The molecule has 1 aliphatic rings. The van der Waals surface area contributed by atoms with Crippen molar-refractivity contribution < 1.29 is 9.53 Å². The quantitative estimate of drug-likeness (QED) is 0.411. The van der Waals surface area contributed by atoms with Crippen LogP contribution < -0.4 is 5.32 Å². The third kappa shape index (κ3) is 3.95. The van der Waals surface area contributed by atoms with E-state index < -0.39 is 0 Å². The van der Waals surface area contributed by atoms with Crippen molar-refractivity contribution in [2.75, 3.05) is 11.9 Å². The number of esters is 1. The predicted octanol–water partition coefficient (Wildman–Crippen LogP) is 5.23. The highest BCUT2D eigenvalue weighted by atomic mass is 16.5. The molecule has 1 atom stereocenters. The van der Waals surface area contributed by atoms with Crippen molar-refractivity contribution in [1.82, 2.24) is 14.5 Å². The molecule has 0 bridgehead atoms. The maximum atomic E-state index is 13.2. The van der Waals surface area contributed by atoms with Gasteiger partial charge in [0.2, 0.25) is 5.95 Å². The largest absolute Gasteiger partial charge is 0.462 e. The number of para-hydroxylation sites is 2. The molecule has 6 nitrogen and oxygen atoms in total. The molecule has 4 rings (SSSR count).